The van der Waals surface area contributed by atoms with Crippen LogP contribution in [0.3, 0.4) is 0 Å². The smallest absolute Gasteiger partial charge is 0.314 e. The highest BCUT2D eigenvalue weighted by atomic mass is 16.8. The first kappa shape index (κ1) is 63.2. The predicted molar refractivity (Wildman–Crippen MR) is 263 cm³/mol. The third-order valence-corrected chi connectivity index (χ3v) is 19.6. The third kappa shape index (κ3) is 11.2. The largest absolute Gasteiger partial charge is 0.432 e. The summed E-state index contributed by atoms with van der Waals surface area (Å²) in [4.78, 5) is 27.3. The molecule has 1 amide bonds. The Morgan fingerprint density at radius 3 is 1.56 bits per heavy atom. The van der Waals surface area contributed by atoms with Gasteiger partial charge in [-0.15, -0.1) is 0 Å². The molecule has 0 aromatic heterocycles. The Hall–Kier alpha value is -2.32. The predicted octanol–water partition coefficient (Wildman–Crippen LogP) is -7.15. The standard InChI is InChI=1S/C52H83NO28/c1-19-12-51-10-6-26-49(3,8-5-9-50(26,4)48(71)80-46-41(37(68)32(63)24(16-57)75-46)78-43-28(53-20(2)59)34(65)29(60)21(13-54)72-43)27(51)7-11-52(19,18-51)81-47-42(79-45-39(70)36(67)31(62)23(15-56)74-45)40(33(64)25(17-58)76-47)77-44-38(69)35(66)30(61)22(14-55)73-44/h21-47,54-58,60-70H,1,5-18H2,2-4H3,(H,53,59)/t21?,22?,23?,24?,25?,26?,27-,28?,29?,30?,31?,32?,33?,34?,35?,36?,37?,38?,39?,40?,41?,42?,43?,44?,45?,46?,47?,49+,50+,51+,52?/m0/s1. The lowest BCUT2D eigenvalue weighted by molar-refractivity contribution is -0.400. The monoisotopic (exact) mass is 1170 g/mol. The van der Waals surface area contributed by atoms with Gasteiger partial charge >= 0.3 is 5.97 Å². The van der Waals surface area contributed by atoms with Gasteiger partial charge in [-0.25, -0.2) is 0 Å². The Bertz CT molecular complexity index is 2200. The van der Waals surface area contributed by atoms with Gasteiger partial charge in [-0.3, -0.25) is 9.59 Å². The SMILES string of the molecule is C=C1C[C@@]23CCC4[C@](C)(C(=O)OC5OC(CO)C(O)C(O)C5OC5OC(CO)C(O)C(O)C5NC(C)=O)CCC[C@@]4(C)[C@@H]2CCC1(OC1OC(CO)C(O)C(OC2OC(CO)C(O)C(O)C2O)C1OC1OC(CO)C(O)C(O)C1O)C3. The first-order valence-corrected chi connectivity index (χ1v) is 27.9. The lowest BCUT2D eigenvalue weighted by atomic mass is 9.41. The summed E-state index contributed by atoms with van der Waals surface area (Å²) in [5.74, 6) is -1.84. The number of carbonyl (C=O) groups excluding carboxylic acids is 2. The Labute approximate surface area is 465 Å². The van der Waals surface area contributed by atoms with Crippen molar-refractivity contribution in [3.05, 3.63) is 12.2 Å². The van der Waals surface area contributed by atoms with E-state index in [1.54, 1.807) is 6.92 Å². The van der Waals surface area contributed by atoms with E-state index < -0.39 is 220 Å². The van der Waals surface area contributed by atoms with Gasteiger partial charge in [0.05, 0.1) is 44.1 Å². The van der Waals surface area contributed by atoms with E-state index in [1.165, 1.54) is 0 Å². The maximum absolute atomic E-state index is 15.0. The number of aliphatic hydroxyl groups is 16. The number of aliphatic hydroxyl groups excluding tert-OH is 16. The molecule has 27 unspecified atom stereocenters. The molecule has 464 valence electrons. The number of ether oxygens (including phenoxy) is 10. The fourth-order valence-corrected chi connectivity index (χ4v) is 15.4. The van der Waals surface area contributed by atoms with E-state index in [2.05, 4.69) is 18.8 Å². The number of hydrogen-bond acceptors (Lipinski definition) is 28. The highest BCUT2D eigenvalue weighted by Gasteiger charge is 2.70. The molecule has 9 rings (SSSR count). The summed E-state index contributed by atoms with van der Waals surface area (Å²) in [5, 5.41) is 174. The van der Waals surface area contributed by atoms with Crippen LogP contribution in [0.1, 0.15) is 78.6 Å². The van der Waals surface area contributed by atoms with Crippen LogP contribution in [0.15, 0.2) is 12.2 Å². The van der Waals surface area contributed by atoms with Crippen LogP contribution >= 0.6 is 0 Å². The molecule has 1 spiro atoms. The minimum Gasteiger partial charge on any atom is -0.432 e. The third-order valence-electron chi connectivity index (χ3n) is 19.6. The van der Waals surface area contributed by atoms with E-state index in [-0.39, 0.29) is 11.8 Å². The molecule has 29 heteroatoms. The van der Waals surface area contributed by atoms with E-state index in [0.717, 1.165) is 6.92 Å². The van der Waals surface area contributed by atoms with Gasteiger partial charge in [0.2, 0.25) is 12.2 Å². The van der Waals surface area contributed by atoms with Crippen molar-refractivity contribution in [3.63, 3.8) is 0 Å². The van der Waals surface area contributed by atoms with Gasteiger partial charge in [0.1, 0.15) is 116 Å². The lowest BCUT2D eigenvalue weighted by Crippen LogP contribution is -2.68. The molecule has 29 nitrogen and oxygen atoms in total. The van der Waals surface area contributed by atoms with Crippen LogP contribution < -0.4 is 5.32 Å². The average molecular weight is 1170 g/mol. The van der Waals surface area contributed by atoms with Gasteiger partial charge in [0.15, 0.2) is 31.3 Å². The zero-order valence-electron chi connectivity index (χ0n) is 45.2. The molecule has 4 aliphatic carbocycles. The molecular weight excluding hydrogens is 1090 g/mol. The van der Waals surface area contributed by atoms with Crippen LogP contribution in [0.2, 0.25) is 0 Å². The second-order valence-electron chi connectivity index (χ2n) is 24.3. The molecule has 0 radical (unpaired) electrons. The molecule has 2 bridgehead atoms. The van der Waals surface area contributed by atoms with E-state index in [0.29, 0.717) is 63.4 Å². The summed E-state index contributed by atoms with van der Waals surface area (Å²) in [6, 6.07) is -1.49. The number of fused-ring (bicyclic) bond motifs is 3. The lowest BCUT2D eigenvalue weighted by Gasteiger charge is -2.64. The number of rotatable bonds is 16. The van der Waals surface area contributed by atoms with Gasteiger partial charge in [-0.05, 0) is 86.5 Å². The highest BCUT2D eigenvalue weighted by molar-refractivity contribution is 5.77. The van der Waals surface area contributed by atoms with Gasteiger partial charge < -0.3 is 134 Å². The van der Waals surface area contributed by atoms with Crippen LogP contribution in [0, 0.1) is 28.1 Å². The van der Waals surface area contributed by atoms with Crippen LogP contribution in [-0.4, -0.2) is 286 Å². The number of nitrogens with one attached hydrogen (secondary N) is 1. The normalized spacial score (nSPS) is 52.8. The second kappa shape index (κ2) is 24.4. The molecule has 0 aromatic carbocycles. The molecule has 9 aliphatic rings. The van der Waals surface area contributed by atoms with Crippen molar-refractivity contribution in [1.29, 1.82) is 0 Å². The zero-order valence-corrected chi connectivity index (χ0v) is 45.2. The van der Waals surface area contributed by atoms with Crippen LogP contribution in [0.4, 0.5) is 0 Å². The molecule has 0 aromatic rings. The van der Waals surface area contributed by atoms with Crippen molar-refractivity contribution in [1.82, 2.24) is 5.32 Å². The van der Waals surface area contributed by atoms with Crippen molar-refractivity contribution in [2.45, 2.75) is 238 Å². The summed E-state index contributed by atoms with van der Waals surface area (Å²) >= 11 is 0. The van der Waals surface area contributed by atoms with E-state index in [1.807, 2.05) is 0 Å². The molecule has 5 saturated heterocycles. The van der Waals surface area contributed by atoms with Crippen molar-refractivity contribution < 1.29 is 139 Å². The van der Waals surface area contributed by atoms with Gasteiger partial charge in [-0.2, -0.15) is 0 Å². The molecule has 9 fully saturated rings. The summed E-state index contributed by atoms with van der Waals surface area (Å²) in [6.07, 6.45) is -37.9. The molecule has 17 N–H and O–H groups in total. The maximum Gasteiger partial charge on any atom is 0.314 e. The van der Waals surface area contributed by atoms with E-state index in [9.17, 15) is 86.5 Å². The average Bonchev–Trinajstić information content (AvgIpc) is 3.01. The Kier molecular flexibility index (Phi) is 19.1. The van der Waals surface area contributed by atoms with Gasteiger partial charge in [0.25, 0.3) is 0 Å². The number of amides is 1. The van der Waals surface area contributed by atoms with Crippen molar-refractivity contribution in [2.75, 3.05) is 33.0 Å². The fourth-order valence-electron chi connectivity index (χ4n) is 15.4. The number of carbonyl (C=O) groups is 2. The van der Waals surface area contributed by atoms with Crippen LogP contribution in [0.5, 0.6) is 0 Å². The molecule has 5 aliphatic heterocycles. The topological polar surface area (TPSA) is 462 Å². The molecular formula is C52H83NO28. The Balaban J connectivity index is 0.971. The quantitative estimate of drug-likeness (QED) is 0.0388. The van der Waals surface area contributed by atoms with E-state index in [4.69, 9.17) is 47.4 Å². The van der Waals surface area contributed by atoms with Gasteiger partial charge in [0, 0.05) is 6.92 Å². The molecule has 4 saturated carbocycles. The first-order chi connectivity index (χ1) is 38.3. The summed E-state index contributed by atoms with van der Waals surface area (Å²) in [6.45, 7) is 5.44. The van der Waals surface area contributed by atoms with Crippen LogP contribution in [0.25, 0.3) is 0 Å². The first-order valence-electron chi connectivity index (χ1n) is 27.9. The van der Waals surface area contributed by atoms with Crippen LogP contribution in [-0.2, 0) is 57.0 Å². The Morgan fingerprint density at radius 1 is 0.531 bits per heavy atom. The summed E-state index contributed by atoms with van der Waals surface area (Å²) in [7, 11) is 0. The van der Waals surface area contributed by atoms with Crippen molar-refractivity contribution in [3.8, 4) is 0 Å². The maximum atomic E-state index is 15.0. The van der Waals surface area contributed by atoms with Crippen molar-refractivity contribution in [2.24, 2.45) is 28.1 Å². The molecule has 5 heterocycles. The zero-order chi connectivity index (χ0) is 59.0. The summed E-state index contributed by atoms with van der Waals surface area (Å²) in [5.41, 5.74) is -2.86. The second-order valence-corrected chi connectivity index (χ2v) is 24.3. The fraction of sp³-hybridized carbons (Fsp3) is 0.923. The molecule has 81 heavy (non-hydrogen) atoms. The highest BCUT2D eigenvalue weighted by Crippen LogP contribution is 2.74. The molecule has 31 atom stereocenters. The van der Waals surface area contributed by atoms with Gasteiger partial charge in [-0.1, -0.05) is 19.9 Å². The van der Waals surface area contributed by atoms with E-state index >= 15 is 4.79 Å². The number of esters is 1. The summed E-state index contributed by atoms with van der Waals surface area (Å²) < 4.78 is 61.0. The minimum absolute atomic E-state index is 0.0805. The Morgan fingerprint density at radius 2 is 1.00 bits per heavy atom. The number of hydrogen-bond donors (Lipinski definition) is 17. The minimum atomic E-state index is -2.00. The van der Waals surface area contributed by atoms with Crippen molar-refractivity contribution >= 4 is 11.9 Å².